The molecule has 1 aromatic heterocycles. The number of amides is 1. The molecule has 1 heterocycles. The molecule has 1 saturated carbocycles. The van der Waals surface area contributed by atoms with E-state index in [1.54, 1.807) is 6.07 Å². The van der Waals surface area contributed by atoms with E-state index in [0.717, 1.165) is 18.5 Å². The molecule has 0 radical (unpaired) electrons. The van der Waals surface area contributed by atoms with Gasteiger partial charge in [0.2, 0.25) is 0 Å². The van der Waals surface area contributed by atoms with Crippen LogP contribution in [0.5, 0.6) is 0 Å². The van der Waals surface area contributed by atoms with Gasteiger partial charge in [-0.05, 0) is 25.0 Å². The Hall–Kier alpha value is -1.95. The first-order chi connectivity index (χ1) is 8.61. The largest absolute Gasteiger partial charge is 0.480 e. The van der Waals surface area contributed by atoms with Crippen LogP contribution < -0.4 is 5.32 Å². The molecule has 6 heteroatoms. The Morgan fingerprint density at radius 2 is 2.22 bits per heavy atom. The van der Waals surface area contributed by atoms with E-state index in [-0.39, 0.29) is 0 Å². The molecule has 3 N–H and O–H groups in total. The standard InChI is InChI=1S/C12H14N2O4/c15-6-10(12(17)18)14-11(16)8-3-4-13-9(5-8)7-1-2-7/h3-5,7,10,15H,1-2,6H2,(H,14,16)(H,17,18)/t10-/m0/s1. The SMILES string of the molecule is O=C(N[C@@H](CO)C(=O)O)c1ccnc(C2CC2)c1. The maximum Gasteiger partial charge on any atom is 0.328 e. The normalized spacial score (nSPS) is 16.1. The molecule has 1 amide bonds. The topological polar surface area (TPSA) is 99.5 Å². The average Bonchev–Trinajstić information content (AvgIpc) is 3.19. The first-order valence-electron chi connectivity index (χ1n) is 5.72. The van der Waals surface area contributed by atoms with Gasteiger partial charge in [0.1, 0.15) is 0 Å². The van der Waals surface area contributed by atoms with Gasteiger partial charge in [0.25, 0.3) is 5.91 Å². The van der Waals surface area contributed by atoms with Crippen LogP contribution in [-0.2, 0) is 4.79 Å². The van der Waals surface area contributed by atoms with Crippen LogP contribution in [0.3, 0.4) is 0 Å². The molecule has 6 nitrogen and oxygen atoms in total. The fraction of sp³-hybridized carbons (Fsp3) is 0.417. The number of nitrogens with one attached hydrogen (secondary N) is 1. The molecule has 0 spiro atoms. The smallest absolute Gasteiger partial charge is 0.328 e. The quantitative estimate of drug-likeness (QED) is 0.690. The van der Waals surface area contributed by atoms with E-state index in [0.29, 0.717) is 11.5 Å². The summed E-state index contributed by atoms with van der Waals surface area (Å²) in [4.78, 5) is 26.7. The monoisotopic (exact) mass is 250 g/mol. The predicted molar refractivity (Wildman–Crippen MR) is 62.2 cm³/mol. The Morgan fingerprint density at radius 3 is 2.78 bits per heavy atom. The van der Waals surface area contributed by atoms with Crippen molar-refractivity contribution in [3.05, 3.63) is 29.6 Å². The molecular formula is C12H14N2O4. The van der Waals surface area contributed by atoms with E-state index >= 15 is 0 Å². The Labute approximate surface area is 104 Å². The van der Waals surface area contributed by atoms with E-state index in [9.17, 15) is 9.59 Å². The highest BCUT2D eigenvalue weighted by Crippen LogP contribution is 2.38. The third-order valence-corrected chi connectivity index (χ3v) is 2.82. The van der Waals surface area contributed by atoms with Crippen LogP contribution in [0, 0.1) is 0 Å². The van der Waals surface area contributed by atoms with Gasteiger partial charge in [0.15, 0.2) is 6.04 Å². The van der Waals surface area contributed by atoms with Crippen molar-refractivity contribution in [1.82, 2.24) is 10.3 Å². The van der Waals surface area contributed by atoms with Crippen molar-refractivity contribution < 1.29 is 19.8 Å². The van der Waals surface area contributed by atoms with Crippen LogP contribution in [-0.4, -0.2) is 39.7 Å². The van der Waals surface area contributed by atoms with Crippen molar-refractivity contribution in [2.24, 2.45) is 0 Å². The molecule has 1 aliphatic rings. The van der Waals surface area contributed by atoms with E-state index in [4.69, 9.17) is 10.2 Å². The van der Waals surface area contributed by atoms with Gasteiger partial charge in [-0.15, -0.1) is 0 Å². The first kappa shape index (κ1) is 12.5. The molecule has 0 aliphatic heterocycles. The van der Waals surface area contributed by atoms with Gasteiger partial charge in [-0.1, -0.05) is 0 Å². The van der Waals surface area contributed by atoms with Gasteiger partial charge < -0.3 is 15.5 Å². The van der Waals surface area contributed by atoms with E-state index in [1.807, 2.05) is 0 Å². The number of aliphatic hydroxyl groups excluding tert-OH is 1. The van der Waals surface area contributed by atoms with Crippen LogP contribution >= 0.6 is 0 Å². The minimum Gasteiger partial charge on any atom is -0.480 e. The summed E-state index contributed by atoms with van der Waals surface area (Å²) in [7, 11) is 0. The van der Waals surface area contributed by atoms with Gasteiger partial charge in [-0.2, -0.15) is 0 Å². The maximum atomic E-state index is 11.8. The molecule has 0 aromatic carbocycles. The molecule has 2 rings (SSSR count). The minimum absolute atomic E-state index is 0.367. The molecule has 18 heavy (non-hydrogen) atoms. The molecule has 0 bridgehead atoms. The number of aliphatic hydroxyl groups is 1. The van der Waals surface area contributed by atoms with Gasteiger partial charge >= 0.3 is 5.97 Å². The Kier molecular flexibility index (Phi) is 3.57. The van der Waals surface area contributed by atoms with Crippen LogP contribution in [0.15, 0.2) is 18.3 Å². The van der Waals surface area contributed by atoms with Crippen molar-refractivity contribution in [3.8, 4) is 0 Å². The Morgan fingerprint density at radius 1 is 1.50 bits per heavy atom. The number of aromatic nitrogens is 1. The van der Waals surface area contributed by atoms with E-state index in [2.05, 4.69) is 10.3 Å². The fourth-order valence-corrected chi connectivity index (χ4v) is 1.62. The van der Waals surface area contributed by atoms with Gasteiger partial charge in [0, 0.05) is 23.4 Å². The van der Waals surface area contributed by atoms with Crippen molar-refractivity contribution in [1.29, 1.82) is 0 Å². The number of aliphatic carboxylic acids is 1. The summed E-state index contributed by atoms with van der Waals surface area (Å²) in [5, 5.41) is 19.8. The van der Waals surface area contributed by atoms with E-state index < -0.39 is 24.5 Å². The highest BCUT2D eigenvalue weighted by molar-refractivity contribution is 5.96. The van der Waals surface area contributed by atoms with Gasteiger partial charge in [-0.25, -0.2) is 4.79 Å². The third-order valence-electron chi connectivity index (χ3n) is 2.82. The molecule has 0 unspecified atom stereocenters. The number of hydrogen-bond acceptors (Lipinski definition) is 4. The Balaban J connectivity index is 2.08. The van der Waals surface area contributed by atoms with Crippen LogP contribution in [0.4, 0.5) is 0 Å². The first-order valence-corrected chi connectivity index (χ1v) is 5.72. The van der Waals surface area contributed by atoms with Crippen LogP contribution in [0.1, 0.15) is 34.8 Å². The van der Waals surface area contributed by atoms with Crippen LogP contribution in [0.2, 0.25) is 0 Å². The second-order valence-corrected chi connectivity index (χ2v) is 4.29. The lowest BCUT2D eigenvalue weighted by Gasteiger charge is -2.11. The number of pyridine rings is 1. The van der Waals surface area contributed by atoms with Gasteiger partial charge in [0.05, 0.1) is 6.61 Å². The lowest BCUT2D eigenvalue weighted by Crippen LogP contribution is -2.43. The van der Waals surface area contributed by atoms with E-state index in [1.165, 1.54) is 12.3 Å². The molecular weight excluding hydrogens is 236 g/mol. The number of carboxylic acids is 1. The zero-order valence-electron chi connectivity index (χ0n) is 9.67. The number of carboxylic acid groups (broad SMARTS) is 1. The second-order valence-electron chi connectivity index (χ2n) is 4.29. The highest BCUT2D eigenvalue weighted by atomic mass is 16.4. The summed E-state index contributed by atoms with van der Waals surface area (Å²) in [6.07, 6.45) is 3.69. The number of nitrogens with zero attached hydrogens (tertiary/aromatic N) is 1. The second kappa shape index (κ2) is 5.14. The van der Waals surface area contributed by atoms with Crippen molar-refractivity contribution in [2.45, 2.75) is 24.8 Å². The Bertz CT molecular complexity index is 471. The maximum absolute atomic E-state index is 11.8. The fourth-order valence-electron chi connectivity index (χ4n) is 1.62. The number of carbonyl (C=O) groups excluding carboxylic acids is 1. The molecule has 0 saturated heterocycles. The number of carbonyl (C=O) groups is 2. The van der Waals surface area contributed by atoms with Crippen molar-refractivity contribution in [3.63, 3.8) is 0 Å². The average molecular weight is 250 g/mol. The molecule has 96 valence electrons. The van der Waals surface area contributed by atoms with Gasteiger partial charge in [-0.3, -0.25) is 9.78 Å². The summed E-state index contributed by atoms with van der Waals surface area (Å²) >= 11 is 0. The number of rotatable bonds is 5. The van der Waals surface area contributed by atoms with Crippen molar-refractivity contribution in [2.75, 3.05) is 6.61 Å². The summed E-state index contributed by atoms with van der Waals surface area (Å²) in [5.74, 6) is -1.35. The molecule has 1 fully saturated rings. The summed E-state index contributed by atoms with van der Waals surface area (Å²) in [6.45, 7) is -0.637. The number of hydrogen-bond donors (Lipinski definition) is 3. The zero-order valence-corrected chi connectivity index (χ0v) is 9.67. The zero-order chi connectivity index (χ0) is 13.1. The molecule has 1 aromatic rings. The third kappa shape index (κ3) is 2.84. The highest BCUT2D eigenvalue weighted by Gasteiger charge is 2.26. The summed E-state index contributed by atoms with van der Waals surface area (Å²) in [6, 6.07) is 1.91. The lowest BCUT2D eigenvalue weighted by atomic mass is 10.1. The molecule has 1 atom stereocenters. The summed E-state index contributed by atoms with van der Waals surface area (Å²) < 4.78 is 0. The van der Waals surface area contributed by atoms with Crippen molar-refractivity contribution >= 4 is 11.9 Å². The minimum atomic E-state index is -1.28. The predicted octanol–water partition coefficient (Wildman–Crippen LogP) is 0.134. The lowest BCUT2D eigenvalue weighted by molar-refractivity contribution is -0.140. The molecule has 1 aliphatic carbocycles. The van der Waals surface area contributed by atoms with Crippen LogP contribution in [0.25, 0.3) is 0 Å². The summed E-state index contributed by atoms with van der Waals surface area (Å²) in [5.41, 5.74) is 1.23.